The van der Waals surface area contributed by atoms with Crippen molar-refractivity contribution >= 4 is 16.6 Å². The maximum Gasteiger partial charge on any atom is 0.0722 e. The minimum Gasteiger partial charge on any atom is -0.382 e. The third-order valence-electron chi connectivity index (χ3n) is 3.49. The lowest BCUT2D eigenvalue weighted by atomic mass is 10.0. The molecule has 0 amide bonds. The number of nitrogens with zero attached hydrogens (tertiary/aromatic N) is 1. The molecule has 1 aromatic carbocycles. The molecular formula is C15H18N2O. The van der Waals surface area contributed by atoms with Gasteiger partial charge in [0.25, 0.3) is 0 Å². The van der Waals surface area contributed by atoms with Crippen LogP contribution < -0.4 is 5.32 Å². The Hall–Kier alpha value is -1.61. The molecule has 2 atom stereocenters. The number of nitrogens with one attached hydrogen (secondary N) is 1. The third-order valence-corrected chi connectivity index (χ3v) is 3.49. The van der Waals surface area contributed by atoms with Gasteiger partial charge in [-0.05, 0) is 44.0 Å². The Kier molecular flexibility index (Phi) is 3.15. The Morgan fingerprint density at radius 2 is 2.22 bits per heavy atom. The molecule has 3 heteroatoms. The van der Waals surface area contributed by atoms with E-state index in [2.05, 4.69) is 35.4 Å². The summed E-state index contributed by atoms with van der Waals surface area (Å²) in [5.74, 6) is 0. The van der Waals surface area contributed by atoms with E-state index in [0.717, 1.165) is 25.0 Å². The first-order valence-electron chi connectivity index (χ1n) is 6.55. The van der Waals surface area contributed by atoms with Gasteiger partial charge >= 0.3 is 0 Å². The van der Waals surface area contributed by atoms with E-state index in [1.165, 1.54) is 11.1 Å². The van der Waals surface area contributed by atoms with E-state index in [-0.39, 0.29) is 0 Å². The van der Waals surface area contributed by atoms with E-state index in [0.29, 0.717) is 12.1 Å². The Morgan fingerprint density at radius 1 is 1.28 bits per heavy atom. The summed E-state index contributed by atoms with van der Waals surface area (Å²) in [7, 11) is 0. The van der Waals surface area contributed by atoms with Crippen LogP contribution in [0.3, 0.4) is 0 Å². The second-order valence-corrected chi connectivity index (χ2v) is 4.92. The second kappa shape index (κ2) is 4.94. The number of hydrogen-bond acceptors (Lipinski definition) is 3. The van der Waals surface area contributed by atoms with Crippen LogP contribution in [0.4, 0.5) is 5.69 Å². The molecule has 0 saturated carbocycles. The molecule has 1 saturated heterocycles. The largest absolute Gasteiger partial charge is 0.382 e. The van der Waals surface area contributed by atoms with Crippen LogP contribution in [0.25, 0.3) is 10.9 Å². The summed E-state index contributed by atoms with van der Waals surface area (Å²) in [5, 5.41) is 4.83. The first-order valence-corrected chi connectivity index (χ1v) is 6.55. The van der Waals surface area contributed by atoms with Crippen LogP contribution in [-0.2, 0) is 4.74 Å². The van der Waals surface area contributed by atoms with Crippen molar-refractivity contribution in [2.45, 2.75) is 31.9 Å². The average molecular weight is 242 g/mol. The molecule has 2 heterocycles. The average Bonchev–Trinajstić information content (AvgIpc) is 2.39. The van der Waals surface area contributed by atoms with Crippen molar-refractivity contribution in [2.24, 2.45) is 0 Å². The molecule has 0 bridgehead atoms. The maximum absolute atomic E-state index is 5.58. The molecule has 1 aliphatic heterocycles. The van der Waals surface area contributed by atoms with Crippen LogP contribution >= 0.6 is 0 Å². The molecule has 0 spiro atoms. The third kappa shape index (κ3) is 2.31. The van der Waals surface area contributed by atoms with Crippen molar-refractivity contribution < 1.29 is 4.74 Å². The van der Waals surface area contributed by atoms with E-state index < -0.39 is 0 Å². The number of benzene rings is 1. The zero-order valence-electron chi connectivity index (χ0n) is 10.6. The Bertz CT molecular complexity index is 536. The van der Waals surface area contributed by atoms with Crippen molar-refractivity contribution in [3.05, 3.63) is 36.5 Å². The fraction of sp³-hybridized carbons (Fsp3) is 0.400. The van der Waals surface area contributed by atoms with E-state index in [1.54, 1.807) is 0 Å². The number of aromatic nitrogens is 1. The van der Waals surface area contributed by atoms with Gasteiger partial charge in [-0.15, -0.1) is 0 Å². The van der Waals surface area contributed by atoms with Gasteiger partial charge in [0.1, 0.15) is 0 Å². The van der Waals surface area contributed by atoms with Gasteiger partial charge < -0.3 is 10.1 Å². The quantitative estimate of drug-likeness (QED) is 0.878. The van der Waals surface area contributed by atoms with Crippen LogP contribution in [-0.4, -0.2) is 23.7 Å². The van der Waals surface area contributed by atoms with E-state index in [1.807, 2.05) is 18.3 Å². The van der Waals surface area contributed by atoms with Crippen molar-refractivity contribution in [3.63, 3.8) is 0 Å². The zero-order chi connectivity index (χ0) is 12.4. The summed E-state index contributed by atoms with van der Waals surface area (Å²) in [6.45, 7) is 2.99. The number of fused-ring (bicyclic) bond motifs is 1. The van der Waals surface area contributed by atoms with E-state index in [9.17, 15) is 0 Å². The lowest BCUT2D eigenvalue weighted by Crippen LogP contribution is -2.32. The van der Waals surface area contributed by atoms with Gasteiger partial charge in [0.05, 0.1) is 11.6 Å². The van der Waals surface area contributed by atoms with Crippen molar-refractivity contribution in [1.29, 1.82) is 0 Å². The molecule has 1 aromatic heterocycles. The smallest absolute Gasteiger partial charge is 0.0722 e. The second-order valence-electron chi connectivity index (χ2n) is 4.92. The lowest BCUT2D eigenvalue weighted by Gasteiger charge is -2.29. The predicted octanol–water partition coefficient (Wildman–Crippen LogP) is 3.21. The molecule has 2 unspecified atom stereocenters. The van der Waals surface area contributed by atoms with E-state index in [4.69, 9.17) is 4.74 Å². The van der Waals surface area contributed by atoms with Crippen LogP contribution in [0, 0.1) is 0 Å². The summed E-state index contributed by atoms with van der Waals surface area (Å²) in [6.07, 6.45) is 4.32. The molecule has 0 aliphatic carbocycles. The Balaban J connectivity index is 1.86. The number of ether oxygens (including phenoxy) is 1. The Labute approximate surface area is 107 Å². The predicted molar refractivity (Wildman–Crippen MR) is 73.8 cm³/mol. The molecular weight excluding hydrogens is 224 g/mol. The van der Waals surface area contributed by atoms with Crippen molar-refractivity contribution in [1.82, 2.24) is 4.98 Å². The highest BCUT2D eigenvalue weighted by Gasteiger charge is 2.19. The van der Waals surface area contributed by atoms with Crippen molar-refractivity contribution in [3.8, 4) is 0 Å². The normalized spacial score (nSPS) is 24.1. The zero-order valence-corrected chi connectivity index (χ0v) is 10.6. The molecule has 1 N–H and O–H groups in total. The van der Waals surface area contributed by atoms with Gasteiger partial charge in [-0.3, -0.25) is 4.98 Å². The molecule has 2 aromatic rings. The van der Waals surface area contributed by atoms with Gasteiger partial charge in [0.2, 0.25) is 0 Å². The molecule has 18 heavy (non-hydrogen) atoms. The lowest BCUT2D eigenvalue weighted by molar-refractivity contribution is 0.0232. The maximum atomic E-state index is 5.58. The molecule has 3 nitrogen and oxygen atoms in total. The fourth-order valence-electron chi connectivity index (χ4n) is 2.58. The topological polar surface area (TPSA) is 34.2 Å². The monoisotopic (exact) mass is 242 g/mol. The van der Waals surface area contributed by atoms with Gasteiger partial charge in [0.15, 0.2) is 0 Å². The van der Waals surface area contributed by atoms with Crippen LogP contribution in [0.1, 0.15) is 19.8 Å². The minimum atomic E-state index is 0.351. The Morgan fingerprint density at radius 3 is 3.11 bits per heavy atom. The number of pyridine rings is 1. The van der Waals surface area contributed by atoms with Crippen LogP contribution in [0.2, 0.25) is 0 Å². The standard InChI is InChI=1S/C15H18N2O/c1-11-10-12(7-9-18-11)17-15-6-2-5-14-13(15)4-3-8-16-14/h2-6,8,11-12,17H,7,9-10H2,1H3. The van der Waals surface area contributed by atoms with Crippen molar-refractivity contribution in [2.75, 3.05) is 11.9 Å². The molecule has 1 aliphatic rings. The number of anilines is 1. The van der Waals surface area contributed by atoms with Gasteiger partial charge in [-0.25, -0.2) is 0 Å². The summed E-state index contributed by atoms with van der Waals surface area (Å²) in [6, 6.07) is 10.8. The highest BCUT2D eigenvalue weighted by atomic mass is 16.5. The first-order chi connectivity index (χ1) is 8.83. The SMILES string of the molecule is CC1CC(Nc2cccc3ncccc23)CCO1. The minimum absolute atomic E-state index is 0.351. The summed E-state index contributed by atoms with van der Waals surface area (Å²) in [5.41, 5.74) is 2.22. The highest BCUT2D eigenvalue weighted by molar-refractivity contribution is 5.91. The van der Waals surface area contributed by atoms with Crippen LogP contribution in [0.5, 0.6) is 0 Å². The summed E-state index contributed by atoms with van der Waals surface area (Å²) in [4.78, 5) is 4.39. The van der Waals surface area contributed by atoms with Crippen LogP contribution in [0.15, 0.2) is 36.5 Å². The molecule has 1 fully saturated rings. The van der Waals surface area contributed by atoms with Gasteiger partial charge in [0, 0.05) is 29.9 Å². The molecule has 94 valence electrons. The van der Waals surface area contributed by atoms with E-state index >= 15 is 0 Å². The highest BCUT2D eigenvalue weighted by Crippen LogP contribution is 2.25. The first kappa shape index (κ1) is 11.5. The summed E-state index contributed by atoms with van der Waals surface area (Å²) >= 11 is 0. The van der Waals surface area contributed by atoms with Gasteiger partial charge in [-0.2, -0.15) is 0 Å². The number of rotatable bonds is 2. The number of hydrogen-bond donors (Lipinski definition) is 1. The fourth-order valence-corrected chi connectivity index (χ4v) is 2.58. The molecule has 3 rings (SSSR count). The van der Waals surface area contributed by atoms with Gasteiger partial charge in [-0.1, -0.05) is 6.07 Å². The molecule has 0 radical (unpaired) electrons. The summed E-state index contributed by atoms with van der Waals surface area (Å²) < 4.78 is 5.58.